The van der Waals surface area contributed by atoms with E-state index in [-0.39, 0.29) is 23.5 Å². The molecule has 0 aliphatic carbocycles. The van der Waals surface area contributed by atoms with Crippen LogP contribution in [-0.4, -0.2) is 35.5 Å². The molecule has 0 aromatic carbocycles. The molecule has 9 heteroatoms. The molecule has 0 atom stereocenters. The molecule has 19 heavy (non-hydrogen) atoms. The fourth-order valence-electron chi connectivity index (χ4n) is 1.01. The fourth-order valence-corrected chi connectivity index (χ4v) is 1.20. The third kappa shape index (κ3) is 5.15. The molecule has 1 rings (SSSR count). The van der Waals surface area contributed by atoms with Gasteiger partial charge >= 0.3 is 12.3 Å². The molecule has 0 N–H and O–H groups in total. The molecule has 0 fully saturated rings. The molecule has 0 radical (unpaired) electrons. The number of ether oxygens (including phenoxy) is 2. The lowest BCUT2D eigenvalue weighted by Crippen LogP contribution is -2.34. The Labute approximate surface area is 111 Å². The Kier molecular flexibility index (Phi) is 5.74. The highest BCUT2D eigenvalue weighted by atomic mass is 35.5. The second kappa shape index (κ2) is 6.85. The monoisotopic (exact) mass is 302 g/mol. The molecule has 1 aromatic rings. The van der Waals surface area contributed by atoms with Crippen molar-refractivity contribution in [3.8, 4) is 5.88 Å². The van der Waals surface area contributed by atoms with Gasteiger partial charge in [0.15, 0.2) is 12.4 Å². The maximum Gasteiger partial charge on any atom is 0.340 e. The normalized spacial score (nSPS) is 11.9. The smallest absolute Gasteiger partial charge is 0.340 e. The highest BCUT2D eigenvalue weighted by Crippen LogP contribution is 2.24. The van der Waals surface area contributed by atoms with Gasteiger partial charge in [-0.05, 0) is 6.92 Å². The Hall–Kier alpha value is -1.15. The van der Waals surface area contributed by atoms with Gasteiger partial charge < -0.3 is 9.47 Å². The number of halogens is 5. The largest absolute Gasteiger partial charge is 0.471 e. The van der Waals surface area contributed by atoms with Crippen molar-refractivity contribution >= 4 is 11.6 Å². The summed E-state index contributed by atoms with van der Waals surface area (Å²) in [5.41, 5.74) is 0. The third-order valence-corrected chi connectivity index (χ3v) is 2.08. The average molecular weight is 303 g/mol. The van der Waals surface area contributed by atoms with Gasteiger partial charge in [-0.3, -0.25) is 0 Å². The van der Waals surface area contributed by atoms with Crippen molar-refractivity contribution in [3.05, 3.63) is 17.0 Å². The quantitative estimate of drug-likeness (QED) is 0.574. The van der Waals surface area contributed by atoms with Crippen molar-refractivity contribution in [1.82, 2.24) is 9.97 Å². The van der Waals surface area contributed by atoms with Crippen molar-refractivity contribution in [1.29, 1.82) is 0 Å². The average Bonchev–Trinajstić information content (AvgIpc) is 2.33. The van der Waals surface area contributed by atoms with Gasteiger partial charge in [-0.25, -0.2) is 13.8 Å². The van der Waals surface area contributed by atoms with E-state index in [0.717, 1.165) is 6.07 Å². The van der Waals surface area contributed by atoms with Gasteiger partial charge in [0, 0.05) is 12.7 Å². The van der Waals surface area contributed by atoms with Crippen molar-refractivity contribution in [3.63, 3.8) is 0 Å². The first kappa shape index (κ1) is 15.9. The number of aromatic nitrogens is 2. The number of nitrogens with zero attached hydrogens (tertiary/aromatic N) is 2. The number of alkyl halides is 4. The number of hydrogen-bond donors (Lipinski definition) is 0. The van der Waals surface area contributed by atoms with E-state index in [1.807, 2.05) is 0 Å². The number of hydrogen-bond acceptors (Lipinski definition) is 4. The lowest BCUT2D eigenvalue weighted by atomic mass is 10.4. The molecule has 0 bridgehead atoms. The molecule has 0 aliphatic rings. The predicted molar refractivity (Wildman–Crippen MR) is 58.8 cm³/mol. The number of rotatable bonds is 7. The molecule has 0 saturated heterocycles. The molecular weight excluding hydrogens is 292 g/mol. The molecule has 0 aliphatic heterocycles. The summed E-state index contributed by atoms with van der Waals surface area (Å²) >= 11 is 5.62. The van der Waals surface area contributed by atoms with Crippen LogP contribution in [0.1, 0.15) is 12.7 Å². The van der Waals surface area contributed by atoms with Crippen LogP contribution >= 0.6 is 11.6 Å². The van der Waals surface area contributed by atoms with Gasteiger partial charge in [0.25, 0.3) is 0 Å². The van der Waals surface area contributed by atoms with E-state index in [2.05, 4.69) is 14.7 Å². The summed E-state index contributed by atoms with van der Waals surface area (Å²) < 4.78 is 58.7. The van der Waals surface area contributed by atoms with Gasteiger partial charge in [0.1, 0.15) is 11.8 Å². The first-order valence-corrected chi connectivity index (χ1v) is 5.63. The molecule has 1 aromatic heterocycles. The summed E-state index contributed by atoms with van der Waals surface area (Å²) in [5, 5.41) is -0.0555. The highest BCUT2D eigenvalue weighted by Gasteiger charge is 2.41. The molecule has 4 nitrogen and oxygen atoms in total. The van der Waals surface area contributed by atoms with E-state index in [4.69, 9.17) is 16.3 Å². The van der Waals surface area contributed by atoms with Crippen LogP contribution in [0.2, 0.25) is 5.15 Å². The summed E-state index contributed by atoms with van der Waals surface area (Å²) in [4.78, 5) is 7.48. The summed E-state index contributed by atoms with van der Waals surface area (Å²) in [6, 6.07) is 1.05. The minimum Gasteiger partial charge on any atom is -0.471 e. The van der Waals surface area contributed by atoms with Crippen molar-refractivity contribution in [2.45, 2.75) is 25.9 Å². The zero-order chi connectivity index (χ0) is 14.5. The van der Waals surface area contributed by atoms with E-state index < -0.39 is 19.0 Å². The van der Waals surface area contributed by atoms with Crippen molar-refractivity contribution < 1.29 is 27.0 Å². The molecule has 0 amide bonds. The Bertz CT molecular complexity index is 421. The minimum atomic E-state index is -4.25. The third-order valence-electron chi connectivity index (χ3n) is 1.88. The molecular formula is C10H11ClF4N2O2. The van der Waals surface area contributed by atoms with E-state index in [0.29, 0.717) is 6.61 Å². The zero-order valence-corrected chi connectivity index (χ0v) is 10.6. The van der Waals surface area contributed by atoms with Gasteiger partial charge in [0.2, 0.25) is 5.88 Å². The van der Waals surface area contributed by atoms with Crippen LogP contribution in [0.5, 0.6) is 5.88 Å². The van der Waals surface area contributed by atoms with Crippen molar-refractivity contribution in [2.75, 3.05) is 13.2 Å². The highest BCUT2D eigenvalue weighted by molar-refractivity contribution is 6.29. The zero-order valence-electron chi connectivity index (χ0n) is 9.88. The minimum absolute atomic E-state index is 0.0126. The SMILES string of the molecule is CCOCc1nc(Cl)cc(OCC(F)(F)C(F)F)n1. The van der Waals surface area contributed by atoms with E-state index in [1.54, 1.807) is 6.92 Å². The van der Waals surface area contributed by atoms with Crippen LogP contribution in [0.4, 0.5) is 17.6 Å². The van der Waals surface area contributed by atoms with Gasteiger partial charge in [-0.1, -0.05) is 11.6 Å². The maximum absolute atomic E-state index is 12.7. The topological polar surface area (TPSA) is 44.2 Å². The van der Waals surface area contributed by atoms with Crippen LogP contribution in [0.15, 0.2) is 6.07 Å². The van der Waals surface area contributed by atoms with Crippen LogP contribution < -0.4 is 4.74 Å². The maximum atomic E-state index is 12.7. The predicted octanol–water partition coefficient (Wildman–Crippen LogP) is 2.95. The van der Waals surface area contributed by atoms with E-state index in [9.17, 15) is 17.6 Å². The first-order chi connectivity index (χ1) is 8.85. The van der Waals surface area contributed by atoms with Gasteiger partial charge in [-0.2, -0.15) is 13.8 Å². The van der Waals surface area contributed by atoms with Gasteiger partial charge in [0.05, 0.1) is 0 Å². The molecule has 0 unspecified atom stereocenters. The van der Waals surface area contributed by atoms with Crippen LogP contribution in [0, 0.1) is 0 Å². The Morgan fingerprint density at radius 3 is 2.63 bits per heavy atom. The molecule has 0 spiro atoms. The first-order valence-electron chi connectivity index (χ1n) is 5.25. The van der Waals surface area contributed by atoms with E-state index in [1.165, 1.54) is 0 Å². The second-order valence-electron chi connectivity index (χ2n) is 3.43. The lowest BCUT2D eigenvalue weighted by molar-refractivity contribution is -0.148. The standard InChI is InChI=1S/C10H11ClF4N2O2/c1-2-18-4-7-16-6(11)3-8(17-7)19-5-10(14,15)9(12)13/h3,9H,2,4-5H2,1H3. The summed E-state index contributed by atoms with van der Waals surface area (Å²) in [6.45, 7) is 0.658. The summed E-state index contributed by atoms with van der Waals surface area (Å²) in [5.74, 6) is -4.45. The Balaban J connectivity index is 2.70. The Morgan fingerprint density at radius 2 is 2.05 bits per heavy atom. The van der Waals surface area contributed by atoms with Crippen LogP contribution in [0.25, 0.3) is 0 Å². The van der Waals surface area contributed by atoms with Crippen molar-refractivity contribution in [2.24, 2.45) is 0 Å². The van der Waals surface area contributed by atoms with E-state index >= 15 is 0 Å². The van der Waals surface area contributed by atoms with Gasteiger partial charge in [-0.15, -0.1) is 0 Å². The lowest BCUT2D eigenvalue weighted by Gasteiger charge is -2.15. The molecule has 0 saturated carbocycles. The second-order valence-corrected chi connectivity index (χ2v) is 3.82. The molecule has 1 heterocycles. The van der Waals surface area contributed by atoms with Crippen LogP contribution in [0.3, 0.4) is 0 Å². The Morgan fingerprint density at radius 1 is 1.37 bits per heavy atom. The van der Waals surface area contributed by atoms with Crippen LogP contribution in [-0.2, 0) is 11.3 Å². The molecule has 108 valence electrons. The summed E-state index contributed by atoms with van der Waals surface area (Å²) in [7, 11) is 0. The summed E-state index contributed by atoms with van der Waals surface area (Å²) in [6.07, 6.45) is -3.81. The fraction of sp³-hybridized carbons (Fsp3) is 0.600.